The van der Waals surface area contributed by atoms with Crippen molar-refractivity contribution < 1.29 is 9.59 Å². The molecular weight excluding hydrogens is 526 g/mol. The fraction of sp³-hybridized carbons (Fsp3) is 0.0833. The molecule has 0 atom stereocenters. The molecule has 0 radical (unpaired) electrons. The van der Waals surface area contributed by atoms with Gasteiger partial charge in [0.05, 0.1) is 0 Å². The van der Waals surface area contributed by atoms with Gasteiger partial charge < -0.3 is 0 Å². The molecule has 0 unspecified atom stereocenters. The van der Waals surface area contributed by atoms with Crippen LogP contribution in [0.4, 0.5) is 15.1 Å². The number of thiophene rings is 1. The van der Waals surface area contributed by atoms with Crippen LogP contribution in [-0.4, -0.2) is 32.0 Å². The first kappa shape index (κ1) is 18.7. The molecule has 0 saturated heterocycles. The maximum absolute atomic E-state index is 12.7. The number of nitrogens with zero attached hydrogens (tertiary/aromatic N) is 1. The van der Waals surface area contributed by atoms with Crippen LogP contribution in [0, 0.1) is 5.92 Å². The Balaban J connectivity index is 1.36. The van der Waals surface area contributed by atoms with E-state index in [9.17, 15) is 9.59 Å². The average Bonchev–Trinajstić information content (AvgIpc) is 3.48. The predicted octanol–water partition coefficient (Wildman–Crippen LogP) is 5.98. The van der Waals surface area contributed by atoms with Gasteiger partial charge in [0.25, 0.3) is 0 Å². The van der Waals surface area contributed by atoms with Gasteiger partial charge in [-0.3, -0.25) is 0 Å². The number of hydrogen-bond donors (Lipinski definition) is 0. The Morgan fingerprint density at radius 3 is 2.03 bits per heavy atom. The van der Waals surface area contributed by atoms with Gasteiger partial charge in [0, 0.05) is 0 Å². The second-order valence-electron chi connectivity index (χ2n) is 7.30. The van der Waals surface area contributed by atoms with Gasteiger partial charge in [-0.15, -0.1) is 0 Å². The van der Waals surface area contributed by atoms with E-state index in [1.165, 1.54) is 39.8 Å². The number of hydrogen-bond acceptors (Lipinski definition) is 5. The minimum absolute atomic E-state index is 0.00290. The van der Waals surface area contributed by atoms with Crippen molar-refractivity contribution in [3.05, 3.63) is 86.1 Å². The number of carbonyl (C=O) groups excluding carboxylic acids is 2. The average molecular weight is 541 g/mol. The van der Waals surface area contributed by atoms with Crippen molar-refractivity contribution in [3.8, 4) is 0 Å². The molecule has 1 aliphatic heterocycles. The summed E-state index contributed by atoms with van der Waals surface area (Å²) in [4.78, 5) is 30.3. The number of benzene rings is 2. The molecule has 4 aromatic rings. The Morgan fingerprint density at radius 2 is 1.40 bits per heavy atom. The Hall–Kier alpha value is -2.10. The number of anilines is 3. The zero-order valence-electron chi connectivity index (χ0n) is 15.7. The summed E-state index contributed by atoms with van der Waals surface area (Å²) in [6, 6.07) is 21.4. The van der Waals surface area contributed by atoms with Crippen molar-refractivity contribution in [3.63, 3.8) is 0 Å². The van der Waals surface area contributed by atoms with Crippen molar-refractivity contribution in [2.45, 2.75) is 16.2 Å². The molecule has 6 heteroatoms. The minimum atomic E-state index is -0.667. The molecule has 2 aliphatic rings. The van der Waals surface area contributed by atoms with Gasteiger partial charge in [-0.25, -0.2) is 0 Å². The van der Waals surface area contributed by atoms with Gasteiger partial charge in [0.1, 0.15) is 0 Å². The summed E-state index contributed by atoms with van der Waals surface area (Å²) < 4.78 is 2.58. The molecule has 30 heavy (non-hydrogen) atoms. The van der Waals surface area contributed by atoms with Gasteiger partial charge in [-0.05, 0) is 0 Å². The number of fused-ring (bicyclic) bond motifs is 3. The van der Waals surface area contributed by atoms with E-state index in [0.717, 1.165) is 0 Å². The first-order chi connectivity index (χ1) is 14.7. The van der Waals surface area contributed by atoms with E-state index < -0.39 is 26.3 Å². The van der Waals surface area contributed by atoms with E-state index in [4.69, 9.17) is 0 Å². The van der Waals surface area contributed by atoms with Gasteiger partial charge >= 0.3 is 193 Å². The fourth-order valence-corrected chi connectivity index (χ4v) is 9.06. The second-order valence-corrected chi connectivity index (χ2v) is 12.4. The van der Waals surface area contributed by atoms with Gasteiger partial charge in [0.2, 0.25) is 0 Å². The topological polar surface area (TPSA) is 37.4 Å². The predicted molar refractivity (Wildman–Crippen MR) is 122 cm³/mol. The van der Waals surface area contributed by atoms with Crippen LogP contribution in [0.3, 0.4) is 0 Å². The van der Waals surface area contributed by atoms with Crippen molar-refractivity contribution >= 4 is 70.2 Å². The Morgan fingerprint density at radius 1 is 0.800 bits per heavy atom. The third-order valence-electron chi connectivity index (χ3n) is 5.53. The summed E-state index contributed by atoms with van der Waals surface area (Å²) in [6.45, 7) is 0. The fourth-order valence-electron chi connectivity index (χ4n) is 4.10. The van der Waals surface area contributed by atoms with E-state index in [1.807, 2.05) is 10.8 Å². The molecule has 1 aliphatic carbocycles. The van der Waals surface area contributed by atoms with Gasteiger partial charge in [-0.1, -0.05) is 0 Å². The molecule has 0 spiro atoms. The molecular formula is C24H15NO2S2Te. The van der Waals surface area contributed by atoms with Crippen LogP contribution in [0.25, 0.3) is 0 Å². The summed E-state index contributed by atoms with van der Waals surface area (Å²) >= 11 is 2.57. The molecule has 146 valence electrons. The molecule has 0 bridgehead atoms. The molecule has 0 amide bonds. The van der Waals surface area contributed by atoms with E-state index in [0.29, 0.717) is 17.5 Å². The molecule has 0 N–H and O–H groups in total. The third-order valence-corrected chi connectivity index (χ3v) is 10.5. The summed E-state index contributed by atoms with van der Waals surface area (Å²) in [7, 11) is 0. The molecule has 2 aromatic carbocycles. The van der Waals surface area contributed by atoms with Crippen LogP contribution in [-0.2, 0) is 6.42 Å². The molecule has 3 nitrogen and oxygen atoms in total. The number of rotatable bonds is 3. The second kappa shape index (κ2) is 7.25. The van der Waals surface area contributed by atoms with E-state index in [2.05, 4.69) is 65.6 Å². The summed E-state index contributed by atoms with van der Waals surface area (Å²) in [5.41, 5.74) is 3.67. The molecule has 0 saturated carbocycles. The zero-order valence-corrected chi connectivity index (χ0v) is 19.7. The number of para-hydroxylation sites is 2. The standard InChI is InChI=1S/C24H15NO2S2Te/c26-23-15(24(27)17-13-28-12-16(17)23)11-14-9-10-22(30-14)25-18-5-1-3-7-20(18)29-21-8-4-2-6-19(21)25/h1-10,12-13,15H,11H2. The van der Waals surface area contributed by atoms with E-state index in [-0.39, 0.29) is 11.6 Å². The Bertz CT molecular complexity index is 1250. The third kappa shape index (κ3) is 2.86. The summed E-state index contributed by atoms with van der Waals surface area (Å²) in [5, 5.41) is 3.64. The summed E-state index contributed by atoms with van der Waals surface area (Å²) in [5.74, 6) is -0.518. The van der Waals surface area contributed by atoms with Crippen molar-refractivity contribution in [2.75, 3.05) is 4.90 Å². The number of carbonyl (C=O) groups is 2. The number of Topliss-reactive ketones (excluding diaryl/α,β-unsaturated/α-hetero) is 2. The number of ketones is 2. The molecule has 0 fully saturated rings. The molecule has 6 rings (SSSR count). The Kier molecular flexibility index (Phi) is 4.51. The molecule has 2 aromatic heterocycles. The van der Waals surface area contributed by atoms with Gasteiger partial charge in [0.15, 0.2) is 0 Å². The normalized spacial score (nSPS) is 15.3. The van der Waals surface area contributed by atoms with Crippen LogP contribution < -0.4 is 4.90 Å². The first-order valence-electron chi connectivity index (χ1n) is 9.60. The molecule has 3 heterocycles. The van der Waals surface area contributed by atoms with Crippen molar-refractivity contribution in [1.29, 1.82) is 0 Å². The first-order valence-corrected chi connectivity index (χ1v) is 13.7. The SMILES string of the molecule is O=C1c2cscc2C(=O)C1Cc1ccc(N2c3ccccc3Sc3ccccc32)[te]1. The van der Waals surface area contributed by atoms with E-state index in [1.54, 1.807) is 11.8 Å². The van der Waals surface area contributed by atoms with Crippen LogP contribution in [0.15, 0.2) is 81.2 Å². The monoisotopic (exact) mass is 543 g/mol. The maximum atomic E-state index is 12.7. The van der Waals surface area contributed by atoms with Crippen molar-refractivity contribution in [2.24, 2.45) is 5.92 Å². The van der Waals surface area contributed by atoms with Crippen LogP contribution in [0.2, 0.25) is 0 Å². The zero-order chi connectivity index (χ0) is 20.2. The van der Waals surface area contributed by atoms with Crippen LogP contribution in [0.5, 0.6) is 0 Å². The van der Waals surface area contributed by atoms with Crippen LogP contribution >= 0.6 is 23.1 Å². The van der Waals surface area contributed by atoms with Crippen LogP contribution in [0.1, 0.15) is 24.3 Å². The van der Waals surface area contributed by atoms with E-state index >= 15 is 0 Å². The van der Waals surface area contributed by atoms with Gasteiger partial charge in [-0.2, -0.15) is 0 Å². The Labute approximate surface area is 192 Å². The summed E-state index contributed by atoms with van der Waals surface area (Å²) in [6.07, 6.45) is 0.561. The van der Waals surface area contributed by atoms with Crippen molar-refractivity contribution in [1.82, 2.24) is 0 Å². The quantitative estimate of drug-likeness (QED) is 0.208.